The van der Waals surface area contributed by atoms with E-state index in [0.29, 0.717) is 6.54 Å². The maximum absolute atomic E-state index is 5.88. The molecule has 0 saturated heterocycles. The predicted octanol–water partition coefficient (Wildman–Crippen LogP) is 5.23. The van der Waals surface area contributed by atoms with E-state index in [-0.39, 0.29) is 5.41 Å². The van der Waals surface area contributed by atoms with Crippen LogP contribution in [0.1, 0.15) is 31.9 Å². The van der Waals surface area contributed by atoms with Crippen molar-refractivity contribution in [2.24, 2.45) is 5.73 Å². The number of nitrogens with zero attached hydrogens (tertiary/aromatic N) is 1. The number of rotatable bonds is 3. The zero-order valence-corrected chi connectivity index (χ0v) is 14.7. The first-order valence-corrected chi connectivity index (χ1v) is 8.75. The van der Waals surface area contributed by atoms with Gasteiger partial charge in [-0.2, -0.15) is 0 Å². The van der Waals surface area contributed by atoms with E-state index in [2.05, 4.69) is 73.6 Å². The molecule has 0 bridgehead atoms. The summed E-state index contributed by atoms with van der Waals surface area (Å²) in [6.07, 6.45) is 0. The lowest BCUT2D eigenvalue weighted by atomic mass is 9.86. The predicted molar refractivity (Wildman–Crippen MR) is 99.6 cm³/mol. The van der Waals surface area contributed by atoms with Gasteiger partial charge in [-0.3, -0.25) is 0 Å². The summed E-state index contributed by atoms with van der Waals surface area (Å²) < 4.78 is 0. The minimum Gasteiger partial charge on any atom is -0.326 e. The Labute approximate surface area is 142 Å². The number of benzene rings is 2. The molecule has 0 aliphatic heterocycles. The smallest absolute Gasteiger partial charge is 0.0811 e. The molecule has 2 aromatic carbocycles. The number of hydrogen-bond acceptors (Lipinski definition) is 3. The van der Waals surface area contributed by atoms with E-state index in [1.54, 1.807) is 11.3 Å². The van der Waals surface area contributed by atoms with Crippen LogP contribution in [0.2, 0.25) is 0 Å². The summed E-state index contributed by atoms with van der Waals surface area (Å²) in [6, 6.07) is 15.3. The van der Waals surface area contributed by atoms with Gasteiger partial charge in [0.05, 0.1) is 11.2 Å². The summed E-state index contributed by atoms with van der Waals surface area (Å²) in [4.78, 5) is 4.42. The van der Waals surface area contributed by atoms with E-state index < -0.39 is 0 Å². The van der Waals surface area contributed by atoms with E-state index >= 15 is 0 Å². The summed E-state index contributed by atoms with van der Waals surface area (Å²) in [5.41, 5.74) is 14.9. The van der Waals surface area contributed by atoms with Crippen molar-refractivity contribution in [2.75, 3.05) is 0 Å². The van der Waals surface area contributed by atoms with Gasteiger partial charge in [0.2, 0.25) is 0 Å². The van der Waals surface area contributed by atoms with Gasteiger partial charge in [0.1, 0.15) is 0 Å². The Morgan fingerprint density at radius 1 is 0.957 bits per heavy atom. The summed E-state index contributed by atoms with van der Waals surface area (Å²) in [5.74, 6) is 0. The monoisotopic (exact) mass is 322 g/mol. The topological polar surface area (TPSA) is 38.9 Å². The van der Waals surface area contributed by atoms with Crippen molar-refractivity contribution in [3.05, 3.63) is 64.5 Å². The molecule has 0 aliphatic rings. The Morgan fingerprint density at radius 2 is 1.65 bits per heavy atom. The van der Waals surface area contributed by atoms with Crippen molar-refractivity contribution in [1.82, 2.24) is 4.98 Å². The van der Waals surface area contributed by atoms with E-state index in [1.165, 1.54) is 16.7 Å². The molecule has 0 atom stereocenters. The molecule has 3 aromatic rings. The molecule has 0 fully saturated rings. The van der Waals surface area contributed by atoms with Crippen LogP contribution in [-0.4, -0.2) is 4.98 Å². The molecule has 1 aromatic heterocycles. The molecule has 2 N–H and O–H groups in total. The van der Waals surface area contributed by atoms with Crippen LogP contribution in [0, 0.1) is 0 Å². The standard InChI is InChI=1S/C20H22N2S/c1-20(2,3)18-6-4-15(5-7-18)16-8-14(11-21)9-17(10-16)19-12-23-13-22-19/h4-10,12-13H,11,21H2,1-3H3. The molecule has 118 valence electrons. The number of aromatic nitrogens is 1. The first-order valence-electron chi connectivity index (χ1n) is 7.81. The summed E-state index contributed by atoms with van der Waals surface area (Å²) >= 11 is 1.61. The van der Waals surface area contributed by atoms with Crippen LogP contribution in [0.5, 0.6) is 0 Å². The van der Waals surface area contributed by atoms with Crippen LogP contribution in [0.25, 0.3) is 22.4 Å². The van der Waals surface area contributed by atoms with Crippen molar-refractivity contribution in [3.8, 4) is 22.4 Å². The molecular weight excluding hydrogens is 300 g/mol. The quantitative estimate of drug-likeness (QED) is 0.717. The number of nitrogens with two attached hydrogens (primary N) is 1. The number of hydrogen-bond donors (Lipinski definition) is 1. The zero-order valence-electron chi connectivity index (χ0n) is 13.8. The number of thiazole rings is 1. The van der Waals surface area contributed by atoms with Crippen LogP contribution >= 0.6 is 11.3 Å². The minimum atomic E-state index is 0.170. The molecule has 3 heteroatoms. The highest BCUT2D eigenvalue weighted by molar-refractivity contribution is 7.07. The van der Waals surface area contributed by atoms with Gasteiger partial charge in [0.25, 0.3) is 0 Å². The summed E-state index contributed by atoms with van der Waals surface area (Å²) in [5, 5.41) is 2.07. The molecule has 2 nitrogen and oxygen atoms in total. The molecule has 1 heterocycles. The third-order valence-electron chi connectivity index (χ3n) is 4.04. The maximum Gasteiger partial charge on any atom is 0.0811 e. The van der Waals surface area contributed by atoms with Crippen molar-refractivity contribution >= 4 is 11.3 Å². The van der Waals surface area contributed by atoms with Gasteiger partial charge in [-0.05, 0) is 45.9 Å². The molecule has 0 aliphatic carbocycles. The van der Waals surface area contributed by atoms with E-state index in [9.17, 15) is 0 Å². The second kappa shape index (κ2) is 6.26. The molecule has 0 saturated carbocycles. The van der Waals surface area contributed by atoms with Gasteiger partial charge in [-0.25, -0.2) is 4.98 Å². The van der Waals surface area contributed by atoms with Crippen molar-refractivity contribution in [1.29, 1.82) is 0 Å². The van der Waals surface area contributed by atoms with E-state index in [1.807, 2.05) is 5.51 Å². The van der Waals surface area contributed by atoms with Gasteiger partial charge in [-0.1, -0.05) is 45.0 Å². The first-order chi connectivity index (χ1) is 11.0. The SMILES string of the molecule is CC(C)(C)c1ccc(-c2cc(CN)cc(-c3cscn3)c2)cc1. The molecule has 0 amide bonds. The molecule has 23 heavy (non-hydrogen) atoms. The third-order valence-corrected chi connectivity index (χ3v) is 4.63. The molecule has 0 unspecified atom stereocenters. The fraction of sp³-hybridized carbons (Fsp3) is 0.250. The second-order valence-corrected chi connectivity index (χ2v) is 7.54. The van der Waals surface area contributed by atoms with Gasteiger partial charge in [-0.15, -0.1) is 11.3 Å². The molecular formula is C20H22N2S. The Balaban J connectivity index is 2.04. The molecule has 3 rings (SSSR count). The fourth-order valence-electron chi connectivity index (χ4n) is 2.64. The van der Waals surface area contributed by atoms with Crippen LogP contribution in [-0.2, 0) is 12.0 Å². The van der Waals surface area contributed by atoms with Crippen LogP contribution in [0.15, 0.2) is 53.4 Å². The highest BCUT2D eigenvalue weighted by Gasteiger charge is 2.13. The highest BCUT2D eigenvalue weighted by atomic mass is 32.1. The van der Waals surface area contributed by atoms with Crippen molar-refractivity contribution in [3.63, 3.8) is 0 Å². The van der Waals surface area contributed by atoms with Gasteiger partial charge < -0.3 is 5.73 Å². The normalized spacial score (nSPS) is 11.7. The Bertz CT molecular complexity index is 782. The van der Waals surface area contributed by atoms with Crippen LogP contribution in [0.3, 0.4) is 0 Å². The van der Waals surface area contributed by atoms with Crippen LogP contribution in [0.4, 0.5) is 0 Å². The van der Waals surface area contributed by atoms with Gasteiger partial charge >= 0.3 is 0 Å². The second-order valence-electron chi connectivity index (χ2n) is 6.82. The largest absolute Gasteiger partial charge is 0.326 e. The molecule has 0 spiro atoms. The maximum atomic E-state index is 5.88. The van der Waals surface area contributed by atoms with Gasteiger partial charge in [0, 0.05) is 17.5 Å². The highest BCUT2D eigenvalue weighted by Crippen LogP contribution is 2.30. The third kappa shape index (κ3) is 3.52. The average Bonchev–Trinajstić information content (AvgIpc) is 3.08. The first kappa shape index (κ1) is 15.9. The van der Waals surface area contributed by atoms with Crippen molar-refractivity contribution < 1.29 is 0 Å². The lowest BCUT2D eigenvalue weighted by Gasteiger charge is -2.19. The van der Waals surface area contributed by atoms with Crippen LogP contribution < -0.4 is 5.73 Å². The minimum absolute atomic E-state index is 0.170. The lowest BCUT2D eigenvalue weighted by molar-refractivity contribution is 0.590. The Kier molecular flexibility index (Phi) is 4.33. The lowest BCUT2D eigenvalue weighted by Crippen LogP contribution is -2.10. The van der Waals surface area contributed by atoms with Crippen molar-refractivity contribution in [2.45, 2.75) is 32.7 Å². The summed E-state index contributed by atoms with van der Waals surface area (Å²) in [7, 11) is 0. The fourth-order valence-corrected chi connectivity index (χ4v) is 3.20. The molecule has 0 radical (unpaired) electrons. The summed E-state index contributed by atoms with van der Waals surface area (Å²) in [6.45, 7) is 7.23. The zero-order chi connectivity index (χ0) is 16.4. The average molecular weight is 322 g/mol. The van der Waals surface area contributed by atoms with E-state index in [0.717, 1.165) is 16.8 Å². The van der Waals surface area contributed by atoms with Gasteiger partial charge in [0.15, 0.2) is 0 Å². The Hall–Kier alpha value is -1.97. The Morgan fingerprint density at radius 3 is 2.22 bits per heavy atom. The van der Waals surface area contributed by atoms with E-state index in [4.69, 9.17) is 5.73 Å².